The van der Waals surface area contributed by atoms with Gasteiger partial charge in [0.2, 0.25) is 0 Å². The third kappa shape index (κ3) is 3.33. The van der Waals surface area contributed by atoms with Crippen LogP contribution in [0.5, 0.6) is 0 Å². The van der Waals surface area contributed by atoms with Crippen LogP contribution in [-0.2, 0) is 10.0 Å². The third-order valence-electron chi connectivity index (χ3n) is 4.61. The number of aromatic amines is 1. The van der Waals surface area contributed by atoms with E-state index in [-0.39, 0.29) is 4.91 Å². The lowest BCUT2D eigenvalue weighted by atomic mass is 9.96. The van der Waals surface area contributed by atoms with Crippen molar-refractivity contribution in [1.82, 2.24) is 4.98 Å². The largest absolute Gasteiger partial charge is 0.366 e. The van der Waals surface area contributed by atoms with Crippen molar-refractivity contribution in [3.63, 3.8) is 0 Å². The minimum atomic E-state index is -3.63. The van der Waals surface area contributed by atoms with Gasteiger partial charge in [-0.15, -0.1) is 0 Å². The molecule has 3 rings (SSSR count). The molecule has 1 amide bonds. The highest BCUT2D eigenvalue weighted by atomic mass is 32.2. The average Bonchev–Trinajstić information content (AvgIpc) is 2.89. The lowest BCUT2D eigenvalue weighted by molar-refractivity contribution is 0.100. The summed E-state index contributed by atoms with van der Waals surface area (Å²) in [5.41, 5.74) is 10.7. The molecule has 3 aromatic rings. The van der Waals surface area contributed by atoms with Crippen molar-refractivity contribution in [1.29, 1.82) is 0 Å². The average molecular weight is 383 g/mol. The number of H-pyrrole nitrogens is 1. The van der Waals surface area contributed by atoms with Gasteiger partial charge in [0, 0.05) is 16.8 Å². The smallest absolute Gasteiger partial charge is 0.257 e. The van der Waals surface area contributed by atoms with E-state index in [9.17, 15) is 13.2 Å². The number of hydrogen-bond acceptors (Lipinski definition) is 3. The van der Waals surface area contributed by atoms with Crippen molar-refractivity contribution in [3.8, 4) is 11.1 Å². The Balaban J connectivity index is 2.20. The number of aromatic nitrogens is 1. The van der Waals surface area contributed by atoms with Gasteiger partial charge in [0.15, 0.2) is 0 Å². The lowest BCUT2D eigenvalue weighted by Crippen LogP contribution is -2.12. The number of anilines is 1. The van der Waals surface area contributed by atoms with Crippen LogP contribution in [0.15, 0.2) is 47.9 Å². The Morgan fingerprint density at radius 3 is 2.52 bits per heavy atom. The molecule has 0 atom stereocenters. The summed E-state index contributed by atoms with van der Waals surface area (Å²) in [4.78, 5) is 15.0. The highest BCUT2D eigenvalue weighted by Gasteiger charge is 2.17. The van der Waals surface area contributed by atoms with Gasteiger partial charge in [-0.2, -0.15) is 0 Å². The van der Waals surface area contributed by atoms with Gasteiger partial charge in [-0.25, -0.2) is 8.42 Å². The Morgan fingerprint density at radius 2 is 1.89 bits per heavy atom. The van der Waals surface area contributed by atoms with Crippen molar-refractivity contribution in [2.24, 2.45) is 5.73 Å². The first kappa shape index (κ1) is 18.7. The second-order valence-electron chi connectivity index (χ2n) is 6.54. The zero-order valence-electron chi connectivity index (χ0n) is 15.4. The van der Waals surface area contributed by atoms with Crippen LogP contribution < -0.4 is 10.5 Å². The number of rotatable bonds is 5. The summed E-state index contributed by atoms with van der Waals surface area (Å²) >= 11 is 0. The van der Waals surface area contributed by atoms with Crippen LogP contribution in [-0.4, -0.2) is 19.3 Å². The number of carbonyl (C=O) groups excluding carboxylic acids is 1. The number of benzene rings is 2. The van der Waals surface area contributed by atoms with Crippen molar-refractivity contribution in [2.45, 2.75) is 20.8 Å². The number of nitrogens with one attached hydrogen (secondary N) is 2. The molecule has 2 aromatic carbocycles. The molecule has 0 fully saturated rings. The summed E-state index contributed by atoms with van der Waals surface area (Å²) in [5.74, 6) is -0.504. The number of amides is 1. The SMILES string of the molecule is C=C(C)S(=O)(=O)Nc1cccc(-c2ccc(C(N)=O)c3[nH]c(C)c(C)c23)c1. The van der Waals surface area contributed by atoms with Gasteiger partial charge in [0.05, 0.1) is 16.0 Å². The van der Waals surface area contributed by atoms with E-state index in [0.717, 1.165) is 27.8 Å². The van der Waals surface area contributed by atoms with Crippen LogP contribution in [0.2, 0.25) is 0 Å². The molecule has 0 spiro atoms. The lowest BCUT2D eigenvalue weighted by Gasteiger charge is -2.11. The van der Waals surface area contributed by atoms with Crippen molar-refractivity contribution < 1.29 is 13.2 Å². The van der Waals surface area contributed by atoms with E-state index in [1.165, 1.54) is 6.92 Å². The fourth-order valence-electron chi connectivity index (χ4n) is 3.03. The van der Waals surface area contributed by atoms with Crippen molar-refractivity contribution in [3.05, 3.63) is 64.7 Å². The van der Waals surface area contributed by atoms with Crippen molar-refractivity contribution >= 4 is 32.5 Å². The molecule has 0 saturated heterocycles. The van der Waals surface area contributed by atoms with Crippen molar-refractivity contribution in [2.75, 3.05) is 4.72 Å². The minimum absolute atomic E-state index is 0.0400. The second-order valence-corrected chi connectivity index (χ2v) is 8.45. The second kappa shape index (κ2) is 6.59. The van der Waals surface area contributed by atoms with Crippen LogP contribution in [0.3, 0.4) is 0 Å². The topological polar surface area (TPSA) is 105 Å². The fourth-order valence-corrected chi connectivity index (χ4v) is 3.64. The fraction of sp³-hybridized carbons (Fsp3) is 0.150. The van der Waals surface area contributed by atoms with Gasteiger partial charge in [-0.1, -0.05) is 24.8 Å². The molecule has 1 heterocycles. The van der Waals surface area contributed by atoms with Crippen LogP contribution in [0, 0.1) is 13.8 Å². The Hall–Kier alpha value is -3.06. The predicted molar refractivity (Wildman–Crippen MR) is 109 cm³/mol. The predicted octanol–water partition coefficient (Wildman–Crippen LogP) is 3.83. The van der Waals surface area contributed by atoms with E-state index >= 15 is 0 Å². The van der Waals surface area contributed by atoms with E-state index in [4.69, 9.17) is 5.73 Å². The summed E-state index contributed by atoms with van der Waals surface area (Å²) in [5, 5.41) is 0.892. The summed E-state index contributed by atoms with van der Waals surface area (Å²) in [7, 11) is -3.63. The van der Waals surface area contributed by atoms with Gasteiger partial charge in [0.1, 0.15) is 0 Å². The molecule has 0 aliphatic heterocycles. The molecule has 27 heavy (non-hydrogen) atoms. The molecule has 0 bridgehead atoms. The molecule has 140 valence electrons. The zero-order chi connectivity index (χ0) is 19.9. The van der Waals surface area contributed by atoms with Crippen LogP contribution in [0.25, 0.3) is 22.0 Å². The molecular formula is C20H21N3O3S. The Labute approximate surface area is 158 Å². The molecule has 0 unspecified atom stereocenters. The van der Waals surface area contributed by atoms with Gasteiger partial charge in [-0.3, -0.25) is 9.52 Å². The maximum Gasteiger partial charge on any atom is 0.257 e. The maximum atomic E-state index is 12.1. The van der Waals surface area contributed by atoms with Gasteiger partial charge in [-0.05, 0) is 55.7 Å². The Kier molecular flexibility index (Phi) is 4.57. The number of aryl methyl sites for hydroxylation is 2. The zero-order valence-corrected chi connectivity index (χ0v) is 16.2. The van der Waals surface area contributed by atoms with E-state index in [2.05, 4.69) is 16.3 Å². The molecule has 0 saturated carbocycles. The van der Waals surface area contributed by atoms with E-state index in [1.807, 2.05) is 26.0 Å². The molecule has 0 aliphatic carbocycles. The van der Waals surface area contributed by atoms with Gasteiger partial charge >= 0.3 is 0 Å². The maximum absolute atomic E-state index is 12.1. The number of nitrogens with two attached hydrogens (primary N) is 1. The third-order valence-corrected chi connectivity index (χ3v) is 6.03. The summed E-state index contributed by atoms with van der Waals surface area (Å²) in [6.07, 6.45) is 0. The molecule has 1 aromatic heterocycles. The normalized spacial score (nSPS) is 11.5. The van der Waals surface area contributed by atoms with E-state index in [0.29, 0.717) is 16.8 Å². The van der Waals surface area contributed by atoms with E-state index in [1.54, 1.807) is 24.3 Å². The molecule has 0 radical (unpaired) electrons. The standard InChI is InChI=1S/C20H21N3O3S/c1-11(2)27(25,26)23-15-7-5-6-14(10-15)16-8-9-17(20(21)24)19-18(16)12(3)13(4)22-19/h5-10,22-23H,1H2,2-4H3,(H2,21,24). The number of primary amides is 1. The van der Waals surface area contributed by atoms with Crippen LogP contribution in [0.1, 0.15) is 28.5 Å². The molecule has 4 N–H and O–H groups in total. The molecule has 0 aliphatic rings. The summed E-state index contributed by atoms with van der Waals surface area (Å²) < 4.78 is 26.7. The first-order valence-electron chi connectivity index (χ1n) is 8.32. The first-order chi connectivity index (χ1) is 12.6. The Bertz CT molecular complexity index is 1190. The monoisotopic (exact) mass is 383 g/mol. The number of allylic oxidation sites excluding steroid dienone is 1. The molecule has 7 heteroatoms. The number of hydrogen-bond donors (Lipinski definition) is 3. The quantitative estimate of drug-likeness (QED) is 0.623. The summed E-state index contributed by atoms with van der Waals surface area (Å²) in [6, 6.07) is 10.6. The number of carbonyl (C=O) groups is 1. The molecular weight excluding hydrogens is 362 g/mol. The summed E-state index contributed by atoms with van der Waals surface area (Å²) in [6.45, 7) is 8.82. The van der Waals surface area contributed by atoms with Gasteiger partial charge < -0.3 is 10.7 Å². The molecule has 6 nitrogen and oxygen atoms in total. The number of fused-ring (bicyclic) bond motifs is 1. The van der Waals surface area contributed by atoms with Crippen LogP contribution in [0.4, 0.5) is 5.69 Å². The highest BCUT2D eigenvalue weighted by Crippen LogP contribution is 2.35. The minimum Gasteiger partial charge on any atom is -0.366 e. The number of sulfonamides is 1. The Morgan fingerprint density at radius 1 is 1.19 bits per heavy atom. The highest BCUT2D eigenvalue weighted by molar-refractivity contribution is 7.96. The van der Waals surface area contributed by atoms with E-state index < -0.39 is 15.9 Å². The van der Waals surface area contributed by atoms with Gasteiger partial charge in [0.25, 0.3) is 15.9 Å². The van der Waals surface area contributed by atoms with Crippen LogP contribution >= 0.6 is 0 Å². The first-order valence-corrected chi connectivity index (χ1v) is 9.80.